The number of nitrogens with one attached hydrogen (secondary N) is 1. The van der Waals surface area contributed by atoms with E-state index in [9.17, 15) is 10.1 Å². The van der Waals surface area contributed by atoms with E-state index < -0.39 is 4.92 Å². The van der Waals surface area contributed by atoms with Crippen LogP contribution in [0.5, 0.6) is 0 Å². The van der Waals surface area contributed by atoms with Gasteiger partial charge in [-0.3, -0.25) is 10.1 Å². The van der Waals surface area contributed by atoms with Gasteiger partial charge in [-0.15, -0.1) is 0 Å². The number of hydrogen-bond acceptors (Lipinski definition) is 4. The summed E-state index contributed by atoms with van der Waals surface area (Å²) in [4.78, 5) is 14.6. The van der Waals surface area contributed by atoms with Crippen LogP contribution in [0.15, 0.2) is 12.1 Å². The van der Waals surface area contributed by atoms with Gasteiger partial charge < -0.3 is 5.32 Å². The van der Waals surface area contributed by atoms with E-state index in [1.807, 2.05) is 6.92 Å². The molecule has 1 rings (SSSR count). The lowest BCUT2D eigenvalue weighted by molar-refractivity contribution is -0.384. The molecule has 1 N–H and O–H groups in total. The third-order valence-corrected chi connectivity index (χ3v) is 2.92. The van der Waals surface area contributed by atoms with Crippen molar-refractivity contribution < 1.29 is 4.92 Å². The second kappa shape index (κ2) is 6.18. The molecule has 0 atom stereocenters. The van der Waals surface area contributed by atoms with Gasteiger partial charge in [0.05, 0.1) is 4.92 Å². The SMILES string of the molecule is CCC(CC)CNc1nc(C)ccc1[N+](=O)[O-]. The smallest absolute Gasteiger partial charge is 0.311 e. The highest BCUT2D eigenvalue weighted by Gasteiger charge is 2.15. The topological polar surface area (TPSA) is 68.1 Å². The highest BCUT2D eigenvalue weighted by Crippen LogP contribution is 2.22. The average molecular weight is 237 g/mol. The minimum absolute atomic E-state index is 0.0431. The van der Waals surface area contributed by atoms with E-state index in [2.05, 4.69) is 24.1 Å². The van der Waals surface area contributed by atoms with E-state index in [1.165, 1.54) is 6.07 Å². The molecule has 0 aromatic carbocycles. The maximum absolute atomic E-state index is 10.8. The van der Waals surface area contributed by atoms with Crippen molar-refractivity contribution >= 4 is 11.5 Å². The van der Waals surface area contributed by atoms with Gasteiger partial charge >= 0.3 is 5.69 Å². The fourth-order valence-corrected chi connectivity index (χ4v) is 1.65. The van der Waals surface area contributed by atoms with Crippen LogP contribution in [0.25, 0.3) is 0 Å². The molecule has 0 spiro atoms. The Morgan fingerprint density at radius 1 is 1.41 bits per heavy atom. The summed E-state index contributed by atoms with van der Waals surface area (Å²) in [5.41, 5.74) is 0.823. The van der Waals surface area contributed by atoms with E-state index in [1.54, 1.807) is 6.07 Å². The molecule has 0 aliphatic heterocycles. The number of aromatic nitrogens is 1. The Hall–Kier alpha value is -1.65. The first-order valence-electron chi connectivity index (χ1n) is 5.94. The summed E-state index contributed by atoms with van der Waals surface area (Å²) in [5.74, 6) is 0.902. The molecule has 0 fully saturated rings. The second-order valence-electron chi connectivity index (χ2n) is 4.14. The first kappa shape index (κ1) is 13.4. The largest absolute Gasteiger partial charge is 0.364 e. The summed E-state index contributed by atoms with van der Waals surface area (Å²) in [5, 5.41) is 13.9. The van der Waals surface area contributed by atoms with Crippen molar-refractivity contribution in [2.45, 2.75) is 33.6 Å². The molecule has 5 heteroatoms. The zero-order chi connectivity index (χ0) is 12.8. The van der Waals surface area contributed by atoms with E-state index in [4.69, 9.17) is 0 Å². The van der Waals surface area contributed by atoms with Crippen molar-refractivity contribution in [3.8, 4) is 0 Å². The number of aryl methyl sites for hydroxylation is 1. The lowest BCUT2D eigenvalue weighted by atomic mass is 10.0. The van der Waals surface area contributed by atoms with Crippen molar-refractivity contribution in [1.29, 1.82) is 0 Å². The summed E-state index contributed by atoms with van der Waals surface area (Å²) < 4.78 is 0. The van der Waals surface area contributed by atoms with Gasteiger partial charge in [-0.05, 0) is 18.9 Å². The van der Waals surface area contributed by atoms with Crippen LogP contribution in [0.4, 0.5) is 11.5 Å². The number of nitrogens with zero attached hydrogens (tertiary/aromatic N) is 2. The van der Waals surface area contributed by atoms with Crippen molar-refractivity contribution in [1.82, 2.24) is 4.98 Å². The Morgan fingerprint density at radius 2 is 2.06 bits per heavy atom. The maximum atomic E-state index is 10.8. The third kappa shape index (κ3) is 3.69. The number of pyridine rings is 1. The van der Waals surface area contributed by atoms with Crippen LogP contribution in [0.1, 0.15) is 32.4 Å². The van der Waals surface area contributed by atoms with E-state index in [-0.39, 0.29) is 5.69 Å². The van der Waals surface area contributed by atoms with Gasteiger partial charge in [0.2, 0.25) is 5.82 Å². The van der Waals surface area contributed by atoms with Gasteiger partial charge in [0, 0.05) is 18.3 Å². The van der Waals surface area contributed by atoms with Gasteiger partial charge in [-0.2, -0.15) is 0 Å². The van der Waals surface area contributed by atoms with Gasteiger partial charge in [0.15, 0.2) is 0 Å². The van der Waals surface area contributed by atoms with Crippen LogP contribution >= 0.6 is 0 Å². The lowest BCUT2D eigenvalue weighted by Crippen LogP contribution is -2.14. The first-order chi connectivity index (χ1) is 8.08. The Morgan fingerprint density at radius 3 is 2.59 bits per heavy atom. The molecule has 5 nitrogen and oxygen atoms in total. The molecule has 0 saturated carbocycles. The summed E-state index contributed by atoms with van der Waals surface area (Å²) >= 11 is 0. The number of hydrogen-bond donors (Lipinski definition) is 1. The highest BCUT2D eigenvalue weighted by molar-refractivity contribution is 5.56. The molecular formula is C12H19N3O2. The van der Waals surface area contributed by atoms with Crippen molar-refractivity contribution in [3.05, 3.63) is 27.9 Å². The highest BCUT2D eigenvalue weighted by atomic mass is 16.6. The predicted octanol–water partition coefficient (Wildman–Crippen LogP) is 3.15. The monoisotopic (exact) mass is 237 g/mol. The molecule has 0 radical (unpaired) electrons. The molecule has 1 aromatic rings. The van der Waals surface area contributed by atoms with Crippen molar-refractivity contribution in [2.75, 3.05) is 11.9 Å². The molecule has 94 valence electrons. The van der Waals surface area contributed by atoms with Crippen LogP contribution in [-0.4, -0.2) is 16.5 Å². The fraction of sp³-hybridized carbons (Fsp3) is 0.583. The lowest BCUT2D eigenvalue weighted by Gasteiger charge is -2.13. The molecule has 1 heterocycles. The average Bonchev–Trinajstić information content (AvgIpc) is 2.30. The molecule has 0 aliphatic rings. The van der Waals surface area contributed by atoms with Crippen molar-refractivity contribution in [2.24, 2.45) is 5.92 Å². The minimum atomic E-state index is -0.401. The molecule has 17 heavy (non-hydrogen) atoms. The molecule has 0 amide bonds. The summed E-state index contributed by atoms with van der Waals surface area (Å²) in [6, 6.07) is 3.15. The molecule has 0 unspecified atom stereocenters. The predicted molar refractivity (Wildman–Crippen MR) is 68.2 cm³/mol. The maximum Gasteiger partial charge on any atom is 0.311 e. The van der Waals surface area contributed by atoms with E-state index in [0.29, 0.717) is 11.7 Å². The quantitative estimate of drug-likeness (QED) is 0.609. The normalized spacial score (nSPS) is 10.6. The van der Waals surface area contributed by atoms with Crippen LogP contribution in [0.2, 0.25) is 0 Å². The minimum Gasteiger partial charge on any atom is -0.364 e. The zero-order valence-electron chi connectivity index (χ0n) is 10.6. The van der Waals surface area contributed by atoms with Crippen LogP contribution < -0.4 is 5.32 Å². The Labute approximate surface area is 101 Å². The first-order valence-corrected chi connectivity index (χ1v) is 5.94. The Bertz CT molecular complexity index is 389. The standard InChI is InChI=1S/C12H19N3O2/c1-4-10(5-2)8-13-12-11(15(16)17)7-6-9(3)14-12/h6-7,10H,4-5,8H2,1-3H3,(H,13,14). The third-order valence-electron chi connectivity index (χ3n) is 2.92. The van der Waals surface area contributed by atoms with E-state index in [0.717, 1.165) is 25.1 Å². The zero-order valence-corrected chi connectivity index (χ0v) is 10.6. The number of rotatable bonds is 6. The molecule has 0 aliphatic carbocycles. The van der Waals surface area contributed by atoms with Crippen LogP contribution in [0.3, 0.4) is 0 Å². The summed E-state index contributed by atoms with van der Waals surface area (Å²) in [6.45, 7) is 6.79. The Kier molecular flexibility index (Phi) is 4.87. The Balaban J connectivity index is 2.81. The summed E-state index contributed by atoms with van der Waals surface area (Å²) in [6.07, 6.45) is 2.12. The van der Waals surface area contributed by atoms with Gasteiger partial charge in [-0.1, -0.05) is 26.7 Å². The van der Waals surface area contributed by atoms with Gasteiger partial charge in [-0.25, -0.2) is 4.98 Å². The number of nitro groups is 1. The van der Waals surface area contributed by atoms with Gasteiger partial charge in [0.25, 0.3) is 0 Å². The van der Waals surface area contributed by atoms with Crippen molar-refractivity contribution in [3.63, 3.8) is 0 Å². The molecule has 0 bridgehead atoms. The van der Waals surface area contributed by atoms with Crippen LogP contribution in [-0.2, 0) is 0 Å². The van der Waals surface area contributed by atoms with Crippen LogP contribution in [0, 0.1) is 23.0 Å². The van der Waals surface area contributed by atoms with Gasteiger partial charge in [0.1, 0.15) is 0 Å². The molecule has 1 aromatic heterocycles. The van der Waals surface area contributed by atoms with E-state index >= 15 is 0 Å². The molecule has 0 saturated heterocycles. The molecular weight excluding hydrogens is 218 g/mol. The fourth-order valence-electron chi connectivity index (χ4n) is 1.65. The number of anilines is 1. The summed E-state index contributed by atoms with van der Waals surface area (Å²) in [7, 11) is 0. The second-order valence-corrected chi connectivity index (χ2v) is 4.14.